The molecule has 1 aliphatic heterocycles. The van der Waals surface area contributed by atoms with Crippen molar-refractivity contribution in [1.82, 2.24) is 20.0 Å². The van der Waals surface area contributed by atoms with Gasteiger partial charge in [0.15, 0.2) is 11.9 Å². The van der Waals surface area contributed by atoms with E-state index in [-0.39, 0.29) is 18.1 Å². The van der Waals surface area contributed by atoms with Crippen LogP contribution in [-0.2, 0) is 4.74 Å². The van der Waals surface area contributed by atoms with Gasteiger partial charge < -0.3 is 19.1 Å². The Morgan fingerprint density at radius 2 is 2.22 bits per heavy atom. The van der Waals surface area contributed by atoms with E-state index >= 15 is 0 Å². The van der Waals surface area contributed by atoms with E-state index in [9.17, 15) is 4.79 Å². The highest BCUT2D eigenvalue weighted by molar-refractivity contribution is 5.94. The van der Waals surface area contributed by atoms with E-state index in [0.717, 1.165) is 5.56 Å². The van der Waals surface area contributed by atoms with E-state index in [0.29, 0.717) is 36.4 Å². The molecule has 2 atom stereocenters. The zero-order chi connectivity index (χ0) is 16.0. The summed E-state index contributed by atoms with van der Waals surface area (Å²) < 4.78 is 11.1. The summed E-state index contributed by atoms with van der Waals surface area (Å²) in [4.78, 5) is 22.1. The Hall–Kier alpha value is -2.15. The smallest absolute Gasteiger partial charge is 0.270 e. The van der Waals surface area contributed by atoms with Crippen LogP contribution in [0.3, 0.4) is 0 Å². The van der Waals surface area contributed by atoms with E-state index in [1.54, 1.807) is 6.92 Å². The third-order valence-corrected chi connectivity index (χ3v) is 4.38. The number of aromatic amines is 1. The molecule has 0 spiro atoms. The maximum atomic E-state index is 12.9. The second kappa shape index (κ2) is 5.49. The molecule has 7 heteroatoms. The highest BCUT2D eigenvalue weighted by Gasteiger charge is 2.36. The van der Waals surface area contributed by atoms with Crippen LogP contribution in [0.4, 0.5) is 0 Å². The largest absolute Gasteiger partial charge is 0.362 e. The van der Waals surface area contributed by atoms with Gasteiger partial charge in [0, 0.05) is 12.7 Å². The number of carbonyl (C=O) groups excluding carboxylic acids is 1. The minimum absolute atomic E-state index is 0.0216. The maximum Gasteiger partial charge on any atom is 0.270 e. The first kappa shape index (κ1) is 14.4. The molecular formula is C16H20N4O3. The molecule has 1 saturated heterocycles. The Kier molecular flexibility index (Phi) is 3.45. The second-order valence-corrected chi connectivity index (χ2v) is 6.41. The first-order valence-corrected chi connectivity index (χ1v) is 8.04. The van der Waals surface area contributed by atoms with Crippen molar-refractivity contribution in [1.29, 1.82) is 0 Å². The lowest BCUT2D eigenvalue weighted by Crippen LogP contribution is -2.46. The Morgan fingerprint density at radius 3 is 2.91 bits per heavy atom. The molecule has 0 unspecified atom stereocenters. The van der Waals surface area contributed by atoms with Crippen molar-refractivity contribution in [3.05, 3.63) is 35.2 Å². The van der Waals surface area contributed by atoms with E-state index in [4.69, 9.17) is 9.26 Å². The van der Waals surface area contributed by atoms with Gasteiger partial charge >= 0.3 is 0 Å². The summed E-state index contributed by atoms with van der Waals surface area (Å²) in [6.07, 6.45) is 3.74. The summed E-state index contributed by atoms with van der Waals surface area (Å²) in [5.74, 6) is 1.56. The second-order valence-electron chi connectivity index (χ2n) is 6.41. The fraction of sp³-hybridized carbons (Fsp3) is 0.562. The number of morpholine rings is 1. The summed E-state index contributed by atoms with van der Waals surface area (Å²) in [5.41, 5.74) is 1.85. The zero-order valence-corrected chi connectivity index (χ0v) is 13.3. The van der Waals surface area contributed by atoms with Gasteiger partial charge in [-0.15, -0.1) is 0 Å². The number of rotatable bonds is 3. The van der Waals surface area contributed by atoms with E-state index in [1.807, 2.05) is 24.1 Å². The number of carbonyl (C=O) groups is 1. The van der Waals surface area contributed by atoms with Gasteiger partial charge in [-0.05, 0) is 44.2 Å². The molecule has 1 saturated carbocycles. The average Bonchev–Trinajstić information content (AvgIpc) is 3.09. The number of nitrogens with one attached hydrogen (secondary N) is 1. The molecule has 3 heterocycles. The van der Waals surface area contributed by atoms with Crippen LogP contribution in [0.2, 0.25) is 0 Å². The number of amides is 1. The summed E-state index contributed by atoms with van der Waals surface area (Å²) in [6, 6.07) is 2.02. The molecule has 2 aliphatic rings. The van der Waals surface area contributed by atoms with Crippen LogP contribution in [0.25, 0.3) is 0 Å². The minimum Gasteiger partial charge on any atom is -0.362 e. The molecule has 2 fully saturated rings. The van der Waals surface area contributed by atoms with Gasteiger partial charge in [0.2, 0.25) is 0 Å². The summed E-state index contributed by atoms with van der Waals surface area (Å²) in [6.45, 7) is 4.70. The van der Waals surface area contributed by atoms with Crippen LogP contribution in [0.5, 0.6) is 0 Å². The molecular weight excluding hydrogens is 296 g/mol. The lowest BCUT2D eigenvalue weighted by Gasteiger charge is -2.35. The first-order chi connectivity index (χ1) is 11.1. The molecule has 0 aromatic carbocycles. The van der Waals surface area contributed by atoms with Crippen molar-refractivity contribution in [2.75, 3.05) is 13.1 Å². The van der Waals surface area contributed by atoms with Crippen molar-refractivity contribution in [2.24, 2.45) is 0 Å². The molecule has 1 aliphatic carbocycles. The third kappa shape index (κ3) is 2.76. The van der Waals surface area contributed by atoms with E-state index in [1.165, 1.54) is 12.8 Å². The molecule has 1 N–H and O–H groups in total. The fourth-order valence-corrected chi connectivity index (χ4v) is 3.16. The molecule has 1 amide bonds. The van der Waals surface area contributed by atoms with Crippen LogP contribution in [0.15, 0.2) is 16.8 Å². The predicted molar refractivity (Wildman–Crippen MR) is 81.0 cm³/mol. The van der Waals surface area contributed by atoms with Crippen molar-refractivity contribution in [3.63, 3.8) is 0 Å². The number of ether oxygens (including phenoxy) is 1. The first-order valence-electron chi connectivity index (χ1n) is 8.04. The zero-order valence-electron chi connectivity index (χ0n) is 13.3. The number of aromatic nitrogens is 3. The summed E-state index contributed by atoms with van der Waals surface area (Å²) in [7, 11) is 0. The van der Waals surface area contributed by atoms with Crippen molar-refractivity contribution in [2.45, 2.75) is 44.8 Å². The topological polar surface area (TPSA) is 84.2 Å². The third-order valence-electron chi connectivity index (χ3n) is 4.38. The van der Waals surface area contributed by atoms with E-state index in [2.05, 4.69) is 15.1 Å². The van der Waals surface area contributed by atoms with Crippen molar-refractivity contribution < 1.29 is 14.1 Å². The molecule has 2 aromatic rings. The molecule has 0 bridgehead atoms. The number of hydrogen-bond donors (Lipinski definition) is 1. The standard InChI is InChI=1S/C16H20N4O3/c1-9-7-20(8-13(22-9)15-18-10(2)19-23-15)16(21)14-12(5-6-17-14)11-3-4-11/h5-6,9,11,13,17H,3-4,7-8H2,1-2H3/t9-,13-/m1/s1. The molecule has 4 rings (SSSR count). The predicted octanol–water partition coefficient (Wildman–Crippen LogP) is 2.19. The number of H-pyrrole nitrogens is 1. The Bertz CT molecular complexity index is 718. The monoisotopic (exact) mass is 316 g/mol. The Morgan fingerprint density at radius 1 is 1.39 bits per heavy atom. The maximum absolute atomic E-state index is 12.9. The van der Waals surface area contributed by atoms with Gasteiger partial charge in [0.25, 0.3) is 11.8 Å². The number of aryl methyl sites for hydroxylation is 1. The quantitative estimate of drug-likeness (QED) is 0.938. The lowest BCUT2D eigenvalue weighted by atomic mass is 10.1. The van der Waals surface area contributed by atoms with Crippen LogP contribution in [0, 0.1) is 6.92 Å². The number of nitrogens with zero attached hydrogens (tertiary/aromatic N) is 3. The van der Waals surface area contributed by atoms with Crippen LogP contribution >= 0.6 is 0 Å². The van der Waals surface area contributed by atoms with Gasteiger partial charge in [0.05, 0.1) is 12.6 Å². The van der Waals surface area contributed by atoms with Crippen molar-refractivity contribution >= 4 is 5.91 Å². The fourth-order valence-electron chi connectivity index (χ4n) is 3.16. The minimum atomic E-state index is -0.372. The summed E-state index contributed by atoms with van der Waals surface area (Å²) in [5, 5.41) is 3.81. The Labute approximate surface area is 134 Å². The van der Waals surface area contributed by atoms with Crippen LogP contribution in [0.1, 0.15) is 59.6 Å². The summed E-state index contributed by atoms with van der Waals surface area (Å²) >= 11 is 0. The average molecular weight is 316 g/mol. The van der Waals surface area contributed by atoms with Gasteiger partial charge in [-0.25, -0.2) is 0 Å². The lowest BCUT2D eigenvalue weighted by molar-refractivity contribution is -0.0811. The molecule has 2 aromatic heterocycles. The van der Waals surface area contributed by atoms with Gasteiger partial charge in [0.1, 0.15) is 5.69 Å². The molecule has 7 nitrogen and oxygen atoms in total. The Balaban J connectivity index is 1.55. The van der Waals surface area contributed by atoms with Crippen LogP contribution in [-0.4, -0.2) is 45.1 Å². The number of hydrogen-bond acceptors (Lipinski definition) is 5. The molecule has 122 valence electrons. The van der Waals surface area contributed by atoms with E-state index < -0.39 is 0 Å². The molecule has 0 radical (unpaired) electrons. The SMILES string of the molecule is Cc1noc([C@H]2CN(C(=O)c3[nH]ccc3C3CC3)C[C@@H](C)O2)n1. The van der Waals surface area contributed by atoms with Crippen molar-refractivity contribution in [3.8, 4) is 0 Å². The highest BCUT2D eigenvalue weighted by atomic mass is 16.5. The highest BCUT2D eigenvalue weighted by Crippen LogP contribution is 2.41. The van der Waals surface area contributed by atoms with Gasteiger partial charge in [-0.1, -0.05) is 5.16 Å². The normalized spacial score (nSPS) is 24.9. The molecule has 23 heavy (non-hydrogen) atoms. The van der Waals surface area contributed by atoms with Gasteiger partial charge in [-0.2, -0.15) is 4.98 Å². The van der Waals surface area contributed by atoms with Crippen LogP contribution < -0.4 is 0 Å². The van der Waals surface area contributed by atoms with Gasteiger partial charge in [-0.3, -0.25) is 4.79 Å².